The molecule has 0 radical (unpaired) electrons. The van der Waals surface area contributed by atoms with E-state index in [-0.39, 0.29) is 12.1 Å². The van der Waals surface area contributed by atoms with E-state index in [1.165, 1.54) is 0 Å². The molecule has 2 atom stereocenters. The van der Waals surface area contributed by atoms with Gasteiger partial charge in [0.1, 0.15) is 16.9 Å². The Morgan fingerprint density at radius 2 is 2.18 bits per heavy atom. The second-order valence-electron chi connectivity index (χ2n) is 5.49. The molecule has 1 saturated heterocycles. The van der Waals surface area contributed by atoms with Crippen LogP contribution in [-0.4, -0.2) is 58.1 Å². The average molecular weight is 318 g/mol. The second kappa shape index (κ2) is 5.91. The van der Waals surface area contributed by atoms with Gasteiger partial charge < -0.3 is 9.80 Å². The first-order chi connectivity index (χ1) is 10.6. The fourth-order valence-corrected chi connectivity index (χ4v) is 3.12. The summed E-state index contributed by atoms with van der Waals surface area (Å²) in [5, 5.41) is 17.5. The van der Waals surface area contributed by atoms with Gasteiger partial charge in [0, 0.05) is 25.5 Å². The Kier molecular flexibility index (Phi) is 3.96. The minimum atomic E-state index is 0.154. The van der Waals surface area contributed by atoms with Crippen LogP contribution in [0, 0.1) is 11.3 Å². The summed E-state index contributed by atoms with van der Waals surface area (Å²) < 4.78 is 1.87. The topological polar surface area (TPSA) is 73.9 Å². The van der Waals surface area contributed by atoms with Gasteiger partial charge in [0.05, 0.1) is 23.8 Å². The van der Waals surface area contributed by atoms with E-state index in [2.05, 4.69) is 31.2 Å². The van der Waals surface area contributed by atoms with Gasteiger partial charge in [0.2, 0.25) is 0 Å². The Morgan fingerprint density at radius 3 is 2.82 bits per heavy atom. The monoisotopic (exact) mass is 317 g/mol. The molecule has 0 amide bonds. The molecule has 0 N–H and O–H groups in total. The van der Waals surface area contributed by atoms with Crippen LogP contribution in [0.1, 0.15) is 11.6 Å². The van der Waals surface area contributed by atoms with Gasteiger partial charge >= 0.3 is 0 Å². The Hall–Kier alpha value is -2.17. The predicted octanol–water partition coefficient (Wildman–Crippen LogP) is 1.19. The molecule has 1 fully saturated rings. The van der Waals surface area contributed by atoms with Crippen molar-refractivity contribution in [2.45, 2.75) is 12.1 Å². The lowest BCUT2D eigenvalue weighted by atomic mass is 10.1. The van der Waals surface area contributed by atoms with Crippen molar-refractivity contribution >= 4 is 17.4 Å². The van der Waals surface area contributed by atoms with Crippen LogP contribution in [-0.2, 0) is 0 Å². The van der Waals surface area contributed by atoms with E-state index >= 15 is 0 Å². The smallest absolute Gasteiger partial charge is 0.148 e. The van der Waals surface area contributed by atoms with Crippen LogP contribution in [0.4, 0.5) is 5.82 Å². The number of hydrogen-bond acceptors (Lipinski definition) is 6. The zero-order valence-electron chi connectivity index (χ0n) is 12.4. The molecule has 2 aromatic rings. The van der Waals surface area contributed by atoms with Gasteiger partial charge in [-0.25, -0.2) is 9.67 Å². The summed E-state index contributed by atoms with van der Waals surface area (Å²) in [5.41, 5.74) is 0.442. The lowest BCUT2D eigenvalue weighted by Crippen LogP contribution is -2.36. The number of hydrogen-bond donors (Lipinski definition) is 0. The Morgan fingerprint density at radius 1 is 1.36 bits per heavy atom. The van der Waals surface area contributed by atoms with Gasteiger partial charge in [0.25, 0.3) is 0 Å². The molecular weight excluding hydrogens is 302 g/mol. The number of halogens is 1. The number of likely N-dealkylation sites (N-methyl/N-ethyl adjacent to an activating group) is 1. The highest BCUT2D eigenvalue weighted by Gasteiger charge is 2.37. The quantitative estimate of drug-likeness (QED) is 0.846. The molecule has 0 aliphatic carbocycles. The van der Waals surface area contributed by atoms with Gasteiger partial charge in [-0.2, -0.15) is 5.26 Å². The number of nitrogens with zero attached hydrogens (tertiary/aromatic N) is 7. The first-order valence-electron chi connectivity index (χ1n) is 6.93. The van der Waals surface area contributed by atoms with Gasteiger partial charge in [-0.3, -0.25) is 0 Å². The van der Waals surface area contributed by atoms with Gasteiger partial charge in [-0.1, -0.05) is 16.8 Å². The van der Waals surface area contributed by atoms with Crippen molar-refractivity contribution in [1.82, 2.24) is 24.9 Å². The predicted molar refractivity (Wildman–Crippen MR) is 82.7 cm³/mol. The van der Waals surface area contributed by atoms with E-state index in [0.717, 1.165) is 6.54 Å². The van der Waals surface area contributed by atoms with Gasteiger partial charge in [-0.15, -0.1) is 5.10 Å². The van der Waals surface area contributed by atoms with Crippen molar-refractivity contribution < 1.29 is 0 Å². The Labute approximate surface area is 133 Å². The van der Waals surface area contributed by atoms with Crippen LogP contribution in [0.5, 0.6) is 0 Å². The third kappa shape index (κ3) is 2.51. The molecule has 0 unspecified atom stereocenters. The van der Waals surface area contributed by atoms with Crippen LogP contribution >= 0.6 is 11.6 Å². The average Bonchev–Trinajstić information content (AvgIpc) is 3.16. The molecule has 114 valence electrons. The summed E-state index contributed by atoms with van der Waals surface area (Å²) in [6.45, 7) is 1.48. The fraction of sp³-hybridized carbons (Fsp3) is 0.429. The van der Waals surface area contributed by atoms with E-state index in [4.69, 9.17) is 16.9 Å². The lowest BCUT2D eigenvalue weighted by molar-refractivity contribution is 0.243. The van der Waals surface area contributed by atoms with Crippen LogP contribution in [0.2, 0.25) is 5.02 Å². The maximum Gasteiger partial charge on any atom is 0.148 e. The molecular formula is C14H16ClN7. The first kappa shape index (κ1) is 14.8. The number of rotatable bonds is 3. The van der Waals surface area contributed by atoms with Crippen molar-refractivity contribution in [1.29, 1.82) is 5.26 Å². The molecule has 1 aliphatic heterocycles. The van der Waals surface area contributed by atoms with Gasteiger partial charge in [-0.05, 0) is 20.2 Å². The van der Waals surface area contributed by atoms with E-state index < -0.39 is 0 Å². The van der Waals surface area contributed by atoms with Crippen molar-refractivity contribution in [3.8, 4) is 6.07 Å². The first-order valence-corrected chi connectivity index (χ1v) is 7.31. The molecule has 0 aromatic carbocycles. The normalized spacial score (nSPS) is 21.3. The molecule has 22 heavy (non-hydrogen) atoms. The maximum atomic E-state index is 9.12. The lowest BCUT2D eigenvalue weighted by Gasteiger charge is -2.24. The third-order valence-corrected chi connectivity index (χ3v) is 4.37. The zero-order chi connectivity index (χ0) is 15.7. The fourth-order valence-electron chi connectivity index (χ4n) is 2.84. The van der Waals surface area contributed by atoms with Crippen LogP contribution in [0.25, 0.3) is 0 Å². The van der Waals surface area contributed by atoms with E-state index in [1.807, 2.05) is 25.0 Å². The summed E-state index contributed by atoms with van der Waals surface area (Å²) in [6.07, 6.45) is 5.16. The molecule has 8 heteroatoms. The molecule has 0 saturated carbocycles. The summed E-state index contributed by atoms with van der Waals surface area (Å²) in [5.74, 6) is 0.648. The Bertz CT molecular complexity index is 692. The van der Waals surface area contributed by atoms with Crippen LogP contribution in [0.15, 0.2) is 24.7 Å². The van der Waals surface area contributed by atoms with Gasteiger partial charge in [0.15, 0.2) is 0 Å². The van der Waals surface area contributed by atoms with E-state index in [9.17, 15) is 0 Å². The van der Waals surface area contributed by atoms with Crippen molar-refractivity contribution in [2.75, 3.05) is 32.1 Å². The highest BCUT2D eigenvalue weighted by Crippen LogP contribution is 2.33. The maximum absolute atomic E-state index is 9.12. The summed E-state index contributed by atoms with van der Waals surface area (Å²) in [6, 6.07) is 4.13. The summed E-state index contributed by atoms with van der Waals surface area (Å²) in [4.78, 5) is 8.62. The number of pyridine rings is 1. The number of nitriles is 1. The molecule has 2 aromatic heterocycles. The van der Waals surface area contributed by atoms with Crippen LogP contribution < -0.4 is 4.90 Å². The van der Waals surface area contributed by atoms with Crippen molar-refractivity contribution in [3.05, 3.63) is 35.2 Å². The molecule has 0 spiro atoms. The summed E-state index contributed by atoms with van der Waals surface area (Å²) in [7, 11) is 4.08. The third-order valence-electron chi connectivity index (χ3n) is 3.99. The molecule has 7 nitrogen and oxygen atoms in total. The van der Waals surface area contributed by atoms with Crippen molar-refractivity contribution in [3.63, 3.8) is 0 Å². The Balaban J connectivity index is 1.93. The van der Waals surface area contributed by atoms with E-state index in [0.29, 0.717) is 22.9 Å². The molecule has 3 rings (SSSR count). The standard InChI is InChI=1S/C14H16ClN7/c1-20(2)11-8-21(9-12(11)22-6-5-18-19-22)14-13(15)10(7-16)3-4-17-14/h3-6,11-12H,8-9H2,1-2H3/t11-,12+/m1/s1. The molecule has 1 aliphatic rings. The van der Waals surface area contributed by atoms with Crippen molar-refractivity contribution in [2.24, 2.45) is 0 Å². The number of aromatic nitrogens is 4. The SMILES string of the molecule is CN(C)[C@@H]1CN(c2nccc(C#N)c2Cl)C[C@@H]1n1ccnn1. The zero-order valence-corrected chi connectivity index (χ0v) is 13.1. The highest BCUT2D eigenvalue weighted by molar-refractivity contribution is 6.34. The van der Waals surface area contributed by atoms with Crippen LogP contribution in [0.3, 0.4) is 0 Å². The largest absolute Gasteiger partial charge is 0.351 e. The minimum absolute atomic E-state index is 0.154. The number of anilines is 1. The summed E-state index contributed by atoms with van der Waals surface area (Å²) >= 11 is 6.31. The van der Waals surface area contributed by atoms with E-state index in [1.54, 1.807) is 18.5 Å². The highest BCUT2D eigenvalue weighted by atomic mass is 35.5. The minimum Gasteiger partial charge on any atom is -0.351 e. The molecule has 0 bridgehead atoms. The second-order valence-corrected chi connectivity index (χ2v) is 5.87. The molecule has 3 heterocycles.